The number of nitrogens with one attached hydrogen (secondary N) is 1. The van der Waals surface area contributed by atoms with E-state index in [9.17, 15) is 4.79 Å². The number of primary amides is 1. The van der Waals surface area contributed by atoms with Crippen LogP contribution in [-0.4, -0.2) is 42.0 Å². The number of rotatable bonds is 8. The Kier molecular flexibility index (Phi) is 6.60. The molecular weight excluding hydrogens is 202 g/mol. The van der Waals surface area contributed by atoms with Crippen molar-refractivity contribution in [3.8, 4) is 0 Å². The van der Waals surface area contributed by atoms with Crippen LogP contribution in [0.4, 0.5) is 0 Å². The minimum Gasteiger partial charge on any atom is -0.368 e. The lowest BCUT2D eigenvalue weighted by Crippen LogP contribution is -2.60. The van der Waals surface area contributed by atoms with E-state index in [4.69, 9.17) is 5.73 Å². The van der Waals surface area contributed by atoms with E-state index in [0.717, 1.165) is 19.5 Å². The molecular formula is C12H27N3O. The highest BCUT2D eigenvalue weighted by Crippen LogP contribution is 2.09. The first kappa shape index (κ1) is 15.4. The Morgan fingerprint density at radius 2 is 2.00 bits per heavy atom. The maximum Gasteiger partial charge on any atom is 0.238 e. The molecule has 0 aliphatic carbocycles. The zero-order valence-electron chi connectivity index (χ0n) is 11.3. The van der Waals surface area contributed by atoms with E-state index in [2.05, 4.69) is 37.9 Å². The van der Waals surface area contributed by atoms with Crippen molar-refractivity contribution >= 4 is 5.91 Å². The molecule has 0 fully saturated rings. The number of likely N-dealkylation sites (N-methyl/N-ethyl adjacent to an activating group) is 1. The van der Waals surface area contributed by atoms with Gasteiger partial charge in [0.2, 0.25) is 5.91 Å². The van der Waals surface area contributed by atoms with Crippen LogP contribution in [0.2, 0.25) is 0 Å². The number of hydrogen-bond acceptors (Lipinski definition) is 3. The summed E-state index contributed by atoms with van der Waals surface area (Å²) in [5.74, 6) is -0.278. The Balaban J connectivity index is 4.58. The molecule has 0 aliphatic heterocycles. The summed E-state index contributed by atoms with van der Waals surface area (Å²) in [5.41, 5.74) is 4.86. The minimum atomic E-state index is -0.629. The van der Waals surface area contributed by atoms with Crippen LogP contribution in [0.3, 0.4) is 0 Å². The van der Waals surface area contributed by atoms with Gasteiger partial charge in [0.1, 0.15) is 5.54 Å². The van der Waals surface area contributed by atoms with Crippen LogP contribution in [0.5, 0.6) is 0 Å². The second-order valence-electron chi connectivity index (χ2n) is 4.78. The SMILES string of the molecule is CCCNC(C)(CN(CC)C(C)C)C(N)=O. The Morgan fingerprint density at radius 3 is 2.31 bits per heavy atom. The zero-order chi connectivity index (χ0) is 12.8. The molecule has 0 bridgehead atoms. The fourth-order valence-corrected chi connectivity index (χ4v) is 1.69. The van der Waals surface area contributed by atoms with Gasteiger partial charge in [-0.1, -0.05) is 13.8 Å². The van der Waals surface area contributed by atoms with E-state index < -0.39 is 5.54 Å². The molecule has 0 spiro atoms. The van der Waals surface area contributed by atoms with Gasteiger partial charge < -0.3 is 11.1 Å². The first-order chi connectivity index (χ1) is 7.37. The van der Waals surface area contributed by atoms with Gasteiger partial charge in [0.25, 0.3) is 0 Å². The zero-order valence-corrected chi connectivity index (χ0v) is 11.3. The largest absolute Gasteiger partial charge is 0.368 e. The summed E-state index contributed by atoms with van der Waals surface area (Å²) >= 11 is 0. The molecule has 1 unspecified atom stereocenters. The van der Waals surface area contributed by atoms with Crippen molar-refractivity contribution < 1.29 is 4.79 Å². The van der Waals surface area contributed by atoms with Crippen molar-refractivity contribution in [2.75, 3.05) is 19.6 Å². The van der Waals surface area contributed by atoms with E-state index in [1.54, 1.807) is 0 Å². The third-order valence-corrected chi connectivity index (χ3v) is 2.96. The molecule has 0 aromatic carbocycles. The molecule has 96 valence electrons. The first-order valence-electron chi connectivity index (χ1n) is 6.16. The molecule has 4 heteroatoms. The van der Waals surface area contributed by atoms with Crippen molar-refractivity contribution in [3.05, 3.63) is 0 Å². The smallest absolute Gasteiger partial charge is 0.238 e. The molecule has 0 saturated heterocycles. The Morgan fingerprint density at radius 1 is 1.44 bits per heavy atom. The molecule has 0 aromatic heterocycles. The minimum absolute atomic E-state index is 0.278. The van der Waals surface area contributed by atoms with Gasteiger partial charge in [-0.3, -0.25) is 9.69 Å². The highest BCUT2D eigenvalue weighted by atomic mass is 16.1. The number of nitrogens with zero attached hydrogens (tertiary/aromatic N) is 1. The highest BCUT2D eigenvalue weighted by Gasteiger charge is 2.32. The van der Waals surface area contributed by atoms with Gasteiger partial charge in [-0.25, -0.2) is 0 Å². The molecule has 3 N–H and O–H groups in total. The Bertz CT molecular complexity index is 218. The third-order valence-electron chi connectivity index (χ3n) is 2.96. The topological polar surface area (TPSA) is 58.4 Å². The molecule has 0 aromatic rings. The van der Waals surface area contributed by atoms with Crippen molar-refractivity contribution in [2.45, 2.75) is 52.6 Å². The van der Waals surface area contributed by atoms with E-state index in [0.29, 0.717) is 12.6 Å². The van der Waals surface area contributed by atoms with Gasteiger partial charge in [0.15, 0.2) is 0 Å². The normalized spacial score (nSPS) is 15.4. The van der Waals surface area contributed by atoms with Crippen molar-refractivity contribution in [3.63, 3.8) is 0 Å². The van der Waals surface area contributed by atoms with Crippen LogP contribution in [-0.2, 0) is 4.79 Å². The van der Waals surface area contributed by atoms with Crippen molar-refractivity contribution in [1.82, 2.24) is 10.2 Å². The molecule has 0 rings (SSSR count). The Hall–Kier alpha value is -0.610. The molecule has 0 saturated carbocycles. The van der Waals surface area contributed by atoms with E-state index in [1.807, 2.05) is 6.92 Å². The fourth-order valence-electron chi connectivity index (χ4n) is 1.69. The maximum atomic E-state index is 11.5. The van der Waals surface area contributed by atoms with Crippen LogP contribution in [0.25, 0.3) is 0 Å². The standard InChI is InChI=1S/C12H27N3O/c1-6-8-14-12(5,11(13)16)9-15(7-2)10(3)4/h10,14H,6-9H2,1-5H3,(H2,13,16). The third kappa shape index (κ3) is 4.49. The fraction of sp³-hybridized carbons (Fsp3) is 0.917. The highest BCUT2D eigenvalue weighted by molar-refractivity contribution is 5.84. The lowest BCUT2D eigenvalue weighted by Gasteiger charge is -2.35. The summed E-state index contributed by atoms with van der Waals surface area (Å²) in [4.78, 5) is 13.8. The number of hydrogen-bond donors (Lipinski definition) is 2. The van der Waals surface area contributed by atoms with Gasteiger partial charge >= 0.3 is 0 Å². The van der Waals surface area contributed by atoms with Gasteiger partial charge in [0, 0.05) is 12.6 Å². The molecule has 16 heavy (non-hydrogen) atoms. The predicted octanol–water partition coefficient (Wildman–Crippen LogP) is 0.960. The summed E-state index contributed by atoms with van der Waals surface area (Å²) in [6.45, 7) is 12.7. The second kappa shape index (κ2) is 6.86. The summed E-state index contributed by atoms with van der Waals surface area (Å²) in [5, 5.41) is 3.25. The number of amides is 1. The van der Waals surface area contributed by atoms with E-state index >= 15 is 0 Å². The van der Waals surface area contributed by atoms with E-state index in [1.165, 1.54) is 0 Å². The molecule has 0 radical (unpaired) electrons. The summed E-state index contributed by atoms with van der Waals surface area (Å²) in [6.07, 6.45) is 0.997. The van der Waals surface area contributed by atoms with Crippen molar-refractivity contribution in [2.24, 2.45) is 5.73 Å². The van der Waals surface area contributed by atoms with E-state index in [-0.39, 0.29) is 5.91 Å². The van der Waals surface area contributed by atoms with Gasteiger partial charge in [-0.2, -0.15) is 0 Å². The summed E-state index contributed by atoms with van der Waals surface area (Å²) in [7, 11) is 0. The molecule has 4 nitrogen and oxygen atoms in total. The average Bonchev–Trinajstić information content (AvgIpc) is 2.22. The first-order valence-corrected chi connectivity index (χ1v) is 6.16. The second-order valence-corrected chi connectivity index (χ2v) is 4.78. The monoisotopic (exact) mass is 229 g/mol. The molecule has 0 aliphatic rings. The lowest BCUT2D eigenvalue weighted by atomic mass is 9.99. The van der Waals surface area contributed by atoms with Crippen molar-refractivity contribution in [1.29, 1.82) is 0 Å². The Labute approximate surface area is 99.6 Å². The van der Waals surface area contributed by atoms with Crippen LogP contribution >= 0.6 is 0 Å². The maximum absolute atomic E-state index is 11.5. The van der Waals surface area contributed by atoms with Crippen LogP contribution in [0.15, 0.2) is 0 Å². The average molecular weight is 229 g/mol. The van der Waals surface area contributed by atoms with Gasteiger partial charge in [0.05, 0.1) is 0 Å². The van der Waals surface area contributed by atoms with Crippen LogP contribution in [0, 0.1) is 0 Å². The van der Waals surface area contributed by atoms with Gasteiger partial charge in [-0.15, -0.1) is 0 Å². The van der Waals surface area contributed by atoms with Gasteiger partial charge in [-0.05, 0) is 40.3 Å². The predicted molar refractivity (Wildman–Crippen MR) is 68.3 cm³/mol. The quantitative estimate of drug-likeness (QED) is 0.652. The molecule has 0 heterocycles. The van der Waals surface area contributed by atoms with Crippen LogP contribution in [0.1, 0.15) is 41.0 Å². The number of carbonyl (C=O) groups is 1. The van der Waals surface area contributed by atoms with Crippen LogP contribution < -0.4 is 11.1 Å². The number of carbonyl (C=O) groups excluding carboxylic acids is 1. The summed E-state index contributed by atoms with van der Waals surface area (Å²) in [6, 6.07) is 0.423. The number of nitrogens with two attached hydrogens (primary N) is 1. The molecule has 1 atom stereocenters. The lowest BCUT2D eigenvalue weighted by molar-refractivity contribution is -0.124. The molecule has 1 amide bonds. The summed E-state index contributed by atoms with van der Waals surface area (Å²) < 4.78 is 0.